The van der Waals surface area contributed by atoms with Gasteiger partial charge in [-0.1, -0.05) is 35.6 Å². The summed E-state index contributed by atoms with van der Waals surface area (Å²) in [6, 6.07) is 18.5. The fraction of sp³-hybridized carbons (Fsp3) is 0.115. The molecule has 0 radical (unpaired) electrons. The van der Waals surface area contributed by atoms with Gasteiger partial charge in [-0.3, -0.25) is 14.6 Å². The first kappa shape index (κ1) is 21.3. The van der Waals surface area contributed by atoms with E-state index in [2.05, 4.69) is 20.3 Å². The van der Waals surface area contributed by atoms with Crippen molar-refractivity contribution in [3.05, 3.63) is 104 Å². The molecule has 0 aliphatic rings. The van der Waals surface area contributed by atoms with E-state index in [1.54, 1.807) is 19.2 Å². The van der Waals surface area contributed by atoms with Gasteiger partial charge in [-0.25, -0.2) is 4.68 Å². The van der Waals surface area contributed by atoms with E-state index >= 15 is 0 Å². The smallest absolute Gasteiger partial charge is 0.278 e. The first-order valence-corrected chi connectivity index (χ1v) is 10.7. The molecule has 0 aliphatic heterocycles. The third-order valence-electron chi connectivity index (χ3n) is 5.55. The lowest BCUT2D eigenvalue weighted by Crippen LogP contribution is -2.10. The number of hydrogen-bond donors (Lipinski definition) is 1. The van der Waals surface area contributed by atoms with Crippen molar-refractivity contribution >= 4 is 34.1 Å². The summed E-state index contributed by atoms with van der Waals surface area (Å²) >= 11 is 0. The lowest BCUT2D eigenvalue weighted by Gasteiger charge is -2.04. The van der Waals surface area contributed by atoms with E-state index in [-0.39, 0.29) is 16.5 Å². The van der Waals surface area contributed by atoms with Gasteiger partial charge in [0.15, 0.2) is 5.52 Å². The van der Waals surface area contributed by atoms with Gasteiger partial charge in [0, 0.05) is 11.1 Å². The first-order valence-electron chi connectivity index (χ1n) is 10.7. The van der Waals surface area contributed by atoms with Gasteiger partial charge in [0.25, 0.3) is 5.56 Å². The number of fused-ring (bicyclic) bond motifs is 2. The van der Waals surface area contributed by atoms with Crippen LogP contribution in [0.5, 0.6) is 5.75 Å². The Bertz CT molecular complexity index is 1670. The van der Waals surface area contributed by atoms with Crippen molar-refractivity contribution in [1.82, 2.24) is 25.0 Å². The molecule has 1 N–H and O–H groups in total. The quantitative estimate of drug-likeness (QED) is 0.438. The maximum atomic E-state index is 13.4. The van der Waals surface area contributed by atoms with Gasteiger partial charge >= 0.3 is 0 Å². The van der Waals surface area contributed by atoms with Crippen LogP contribution in [0.25, 0.3) is 34.1 Å². The molecule has 2 aromatic carbocycles. The first-order chi connectivity index (χ1) is 16.5. The molecule has 8 nitrogen and oxygen atoms in total. The highest BCUT2D eigenvalue weighted by molar-refractivity contribution is 5.88. The van der Waals surface area contributed by atoms with Gasteiger partial charge in [-0.15, -0.1) is 5.10 Å². The van der Waals surface area contributed by atoms with Crippen molar-refractivity contribution in [2.24, 2.45) is 0 Å². The summed E-state index contributed by atoms with van der Waals surface area (Å²) in [6.45, 7) is 2.23. The SMILES string of the molecule is COc1ccc(Cn2nnc3c(=O)[nH]c4cc(/C=C/c5cccc(C)n5)ccc4c(=O)c32)cc1. The van der Waals surface area contributed by atoms with E-state index in [0.717, 1.165) is 28.3 Å². The molecule has 0 spiro atoms. The van der Waals surface area contributed by atoms with Gasteiger partial charge in [0.1, 0.15) is 11.3 Å². The lowest BCUT2D eigenvalue weighted by atomic mass is 10.1. The van der Waals surface area contributed by atoms with E-state index in [1.807, 2.05) is 67.6 Å². The number of aryl methyl sites for hydroxylation is 1. The molecule has 0 bridgehead atoms. The number of benzene rings is 2. The Kier molecular flexibility index (Phi) is 5.47. The van der Waals surface area contributed by atoms with Crippen molar-refractivity contribution < 1.29 is 4.74 Å². The molecule has 0 saturated carbocycles. The number of hydrogen-bond acceptors (Lipinski definition) is 6. The summed E-state index contributed by atoms with van der Waals surface area (Å²) in [5.41, 5.74) is 3.31. The fourth-order valence-electron chi connectivity index (χ4n) is 3.82. The van der Waals surface area contributed by atoms with E-state index < -0.39 is 5.56 Å². The minimum Gasteiger partial charge on any atom is -0.497 e. The largest absolute Gasteiger partial charge is 0.497 e. The summed E-state index contributed by atoms with van der Waals surface area (Å²) in [6.07, 6.45) is 3.78. The molecule has 3 heterocycles. The average molecular weight is 451 g/mol. The standard InChI is InChI=1S/C26H21N5O3/c1-16-4-3-5-19(27-16)10-6-17-9-13-21-22(14-17)28-26(33)23-24(25(21)32)31(30-29-23)15-18-7-11-20(34-2)12-8-18/h3-14H,15H2,1-2H3,(H,28,33)/b10-6+. The summed E-state index contributed by atoms with van der Waals surface area (Å²) < 4.78 is 6.65. The third kappa shape index (κ3) is 4.09. The van der Waals surface area contributed by atoms with Crippen LogP contribution in [0.15, 0.2) is 70.3 Å². The molecule has 0 fully saturated rings. The van der Waals surface area contributed by atoms with Crippen molar-refractivity contribution in [3.8, 4) is 5.75 Å². The summed E-state index contributed by atoms with van der Waals surface area (Å²) in [7, 11) is 1.60. The Balaban J connectivity index is 1.59. The molecule has 5 aromatic rings. The van der Waals surface area contributed by atoms with Crippen LogP contribution in [0.1, 0.15) is 22.5 Å². The molecule has 34 heavy (non-hydrogen) atoms. The van der Waals surface area contributed by atoms with Crippen LogP contribution in [-0.2, 0) is 6.54 Å². The predicted molar refractivity (Wildman–Crippen MR) is 132 cm³/mol. The molecular weight excluding hydrogens is 430 g/mol. The van der Waals surface area contributed by atoms with Gasteiger partial charge in [-0.2, -0.15) is 0 Å². The molecule has 0 unspecified atom stereocenters. The number of aromatic nitrogens is 5. The van der Waals surface area contributed by atoms with Crippen LogP contribution in [0.3, 0.4) is 0 Å². The van der Waals surface area contributed by atoms with Crippen LogP contribution < -0.4 is 15.7 Å². The zero-order valence-electron chi connectivity index (χ0n) is 18.6. The second-order valence-corrected chi connectivity index (χ2v) is 7.92. The van der Waals surface area contributed by atoms with Gasteiger partial charge in [-0.05, 0) is 60.5 Å². The summed E-state index contributed by atoms with van der Waals surface area (Å²) in [5, 5.41) is 8.46. The van der Waals surface area contributed by atoms with Gasteiger partial charge in [0.05, 0.1) is 24.9 Å². The Hall–Kier alpha value is -4.59. The zero-order valence-corrected chi connectivity index (χ0v) is 18.6. The van der Waals surface area contributed by atoms with E-state index in [0.29, 0.717) is 17.4 Å². The maximum Gasteiger partial charge on any atom is 0.278 e. The van der Waals surface area contributed by atoms with Crippen LogP contribution in [-0.4, -0.2) is 32.1 Å². The average Bonchev–Trinajstić information content (AvgIpc) is 3.22. The number of nitrogens with zero attached hydrogens (tertiary/aromatic N) is 4. The molecule has 0 atom stereocenters. The monoisotopic (exact) mass is 451 g/mol. The summed E-state index contributed by atoms with van der Waals surface area (Å²) in [4.78, 5) is 33.6. The molecular formula is C26H21N5O3. The predicted octanol–water partition coefficient (Wildman–Crippen LogP) is 3.56. The Morgan fingerprint density at radius 1 is 1.03 bits per heavy atom. The van der Waals surface area contributed by atoms with Crippen LogP contribution >= 0.6 is 0 Å². The van der Waals surface area contributed by atoms with E-state index in [4.69, 9.17) is 4.74 Å². The second-order valence-electron chi connectivity index (χ2n) is 7.92. The van der Waals surface area contributed by atoms with E-state index in [9.17, 15) is 9.59 Å². The summed E-state index contributed by atoms with van der Waals surface area (Å²) in [5.74, 6) is 0.730. The minimum absolute atomic E-state index is 0.00997. The van der Waals surface area contributed by atoms with Crippen molar-refractivity contribution in [2.75, 3.05) is 7.11 Å². The topological polar surface area (TPSA) is 103 Å². The van der Waals surface area contributed by atoms with Crippen molar-refractivity contribution in [2.45, 2.75) is 13.5 Å². The van der Waals surface area contributed by atoms with E-state index in [1.165, 1.54) is 4.68 Å². The highest BCUT2D eigenvalue weighted by atomic mass is 16.5. The van der Waals surface area contributed by atoms with Gasteiger partial charge < -0.3 is 9.72 Å². The highest BCUT2D eigenvalue weighted by Crippen LogP contribution is 2.16. The molecule has 0 saturated heterocycles. The third-order valence-corrected chi connectivity index (χ3v) is 5.55. The Morgan fingerprint density at radius 3 is 2.62 bits per heavy atom. The number of aromatic amines is 1. The number of nitrogens with one attached hydrogen (secondary N) is 1. The fourth-order valence-corrected chi connectivity index (χ4v) is 3.82. The highest BCUT2D eigenvalue weighted by Gasteiger charge is 2.14. The van der Waals surface area contributed by atoms with Crippen LogP contribution in [0.2, 0.25) is 0 Å². The number of ether oxygens (including phenoxy) is 1. The van der Waals surface area contributed by atoms with Crippen molar-refractivity contribution in [3.63, 3.8) is 0 Å². The zero-order chi connectivity index (χ0) is 23.7. The van der Waals surface area contributed by atoms with Crippen LogP contribution in [0, 0.1) is 6.92 Å². The number of methoxy groups -OCH3 is 1. The van der Waals surface area contributed by atoms with Gasteiger partial charge in [0.2, 0.25) is 5.43 Å². The van der Waals surface area contributed by atoms with Crippen molar-refractivity contribution in [1.29, 1.82) is 0 Å². The lowest BCUT2D eigenvalue weighted by molar-refractivity contribution is 0.414. The Morgan fingerprint density at radius 2 is 1.85 bits per heavy atom. The normalized spacial score (nSPS) is 11.5. The maximum absolute atomic E-state index is 13.4. The number of H-pyrrole nitrogens is 1. The molecule has 8 heteroatoms. The molecule has 0 aliphatic carbocycles. The Labute approximate surface area is 194 Å². The number of rotatable bonds is 5. The molecule has 0 amide bonds. The molecule has 168 valence electrons. The van der Waals surface area contributed by atoms with Crippen LogP contribution in [0.4, 0.5) is 0 Å². The second kappa shape index (κ2) is 8.74. The molecule has 3 aromatic heterocycles. The molecule has 5 rings (SSSR count). The minimum atomic E-state index is -0.468. The number of pyridine rings is 1.